The maximum absolute atomic E-state index is 13.2. The number of ether oxygens (including phenoxy) is 1. The minimum atomic E-state index is -0.456. The standard InChI is InChI=1S/C25H22N4O3S/c1-15-10-11-21(27-22(15)24(31)32-2)29-13-12-16-6-5-7-17(18(16)14-29)23(30)28-25-26-19-8-3-4-9-20(19)33-25/h3-11H,12-14H2,1-2H3,(H,26,28,30). The van der Waals surface area contributed by atoms with E-state index in [-0.39, 0.29) is 5.91 Å². The summed E-state index contributed by atoms with van der Waals surface area (Å²) in [5, 5.41) is 3.54. The first-order valence-corrected chi connectivity index (χ1v) is 11.4. The molecule has 0 radical (unpaired) electrons. The van der Waals surface area contributed by atoms with Crippen molar-refractivity contribution in [2.75, 3.05) is 23.9 Å². The number of aryl methyl sites for hydroxylation is 1. The zero-order chi connectivity index (χ0) is 22.9. The van der Waals surface area contributed by atoms with Gasteiger partial charge in [-0.3, -0.25) is 10.1 Å². The molecule has 1 N–H and O–H groups in total. The van der Waals surface area contributed by atoms with Crippen molar-refractivity contribution in [1.82, 2.24) is 9.97 Å². The van der Waals surface area contributed by atoms with E-state index in [0.29, 0.717) is 28.8 Å². The molecule has 7 nitrogen and oxygen atoms in total. The van der Waals surface area contributed by atoms with Crippen molar-refractivity contribution in [3.05, 3.63) is 82.5 Å². The van der Waals surface area contributed by atoms with Crippen LogP contribution in [0.3, 0.4) is 0 Å². The predicted octanol–water partition coefficient (Wildman–Crippen LogP) is 4.60. The molecule has 0 saturated heterocycles. The molecule has 1 amide bonds. The highest BCUT2D eigenvalue weighted by Crippen LogP contribution is 2.29. The SMILES string of the molecule is COC(=O)c1nc(N2CCc3cccc(C(=O)Nc4nc5ccccc5s4)c3C2)ccc1C. The van der Waals surface area contributed by atoms with E-state index in [1.165, 1.54) is 18.4 Å². The lowest BCUT2D eigenvalue weighted by atomic mass is 9.94. The smallest absolute Gasteiger partial charge is 0.357 e. The number of carbonyl (C=O) groups is 2. The number of benzene rings is 2. The van der Waals surface area contributed by atoms with Crippen LogP contribution in [0, 0.1) is 6.92 Å². The van der Waals surface area contributed by atoms with Gasteiger partial charge in [0.05, 0.1) is 17.3 Å². The summed E-state index contributed by atoms with van der Waals surface area (Å²) in [7, 11) is 1.35. The second-order valence-corrected chi connectivity index (χ2v) is 8.91. The van der Waals surface area contributed by atoms with E-state index < -0.39 is 5.97 Å². The summed E-state index contributed by atoms with van der Waals surface area (Å²) < 4.78 is 5.90. The van der Waals surface area contributed by atoms with Crippen LogP contribution in [-0.2, 0) is 17.7 Å². The van der Waals surface area contributed by atoms with Crippen molar-refractivity contribution in [3.8, 4) is 0 Å². The van der Waals surface area contributed by atoms with Gasteiger partial charge in [-0.15, -0.1) is 0 Å². The van der Waals surface area contributed by atoms with Gasteiger partial charge in [0.15, 0.2) is 10.8 Å². The number of esters is 1. The Morgan fingerprint density at radius 1 is 1.06 bits per heavy atom. The topological polar surface area (TPSA) is 84.4 Å². The molecule has 1 aliphatic rings. The number of thiazole rings is 1. The number of rotatable bonds is 4. The van der Waals surface area contributed by atoms with Gasteiger partial charge in [-0.1, -0.05) is 41.7 Å². The molecule has 0 saturated carbocycles. The third-order valence-electron chi connectivity index (χ3n) is 5.82. The quantitative estimate of drug-likeness (QED) is 0.450. The molecule has 8 heteroatoms. The monoisotopic (exact) mass is 458 g/mol. The van der Waals surface area contributed by atoms with Crippen molar-refractivity contribution in [1.29, 1.82) is 0 Å². The number of nitrogens with zero attached hydrogens (tertiary/aromatic N) is 3. The highest BCUT2D eigenvalue weighted by molar-refractivity contribution is 7.22. The van der Waals surface area contributed by atoms with Crippen LogP contribution in [0.2, 0.25) is 0 Å². The third-order valence-corrected chi connectivity index (χ3v) is 6.77. The number of anilines is 2. The number of fused-ring (bicyclic) bond motifs is 2. The van der Waals surface area contributed by atoms with E-state index in [2.05, 4.69) is 26.3 Å². The molecule has 5 rings (SSSR count). The van der Waals surface area contributed by atoms with Crippen molar-refractivity contribution in [2.45, 2.75) is 19.9 Å². The van der Waals surface area contributed by atoms with E-state index in [9.17, 15) is 9.59 Å². The van der Waals surface area contributed by atoms with Gasteiger partial charge in [0.1, 0.15) is 5.82 Å². The third kappa shape index (κ3) is 4.05. The minimum Gasteiger partial charge on any atom is -0.464 e. The zero-order valence-corrected chi connectivity index (χ0v) is 19.1. The fourth-order valence-electron chi connectivity index (χ4n) is 4.08. The van der Waals surface area contributed by atoms with Crippen LogP contribution in [0.25, 0.3) is 10.2 Å². The molecule has 0 unspecified atom stereocenters. The largest absolute Gasteiger partial charge is 0.464 e. The maximum atomic E-state index is 13.2. The van der Waals surface area contributed by atoms with Crippen LogP contribution in [0.15, 0.2) is 54.6 Å². The summed E-state index contributed by atoms with van der Waals surface area (Å²) in [6, 6.07) is 17.4. The van der Waals surface area contributed by atoms with Gasteiger partial charge in [0, 0.05) is 18.7 Å². The van der Waals surface area contributed by atoms with Gasteiger partial charge in [0.2, 0.25) is 0 Å². The van der Waals surface area contributed by atoms with Crippen molar-refractivity contribution in [3.63, 3.8) is 0 Å². The van der Waals surface area contributed by atoms with E-state index in [1.54, 1.807) is 0 Å². The average molecular weight is 459 g/mol. The van der Waals surface area contributed by atoms with Crippen molar-refractivity contribution < 1.29 is 14.3 Å². The molecular formula is C25H22N4O3S. The predicted molar refractivity (Wildman–Crippen MR) is 129 cm³/mol. The Labute approximate surface area is 195 Å². The fourth-order valence-corrected chi connectivity index (χ4v) is 4.94. The van der Waals surface area contributed by atoms with Crippen molar-refractivity contribution >= 4 is 44.4 Å². The Morgan fingerprint density at radius 3 is 2.73 bits per heavy atom. The van der Waals surface area contributed by atoms with Gasteiger partial charge >= 0.3 is 5.97 Å². The van der Waals surface area contributed by atoms with Crippen LogP contribution in [0.4, 0.5) is 10.9 Å². The maximum Gasteiger partial charge on any atom is 0.357 e. The van der Waals surface area contributed by atoms with Crippen molar-refractivity contribution in [2.24, 2.45) is 0 Å². The van der Waals surface area contributed by atoms with Crippen LogP contribution in [0.5, 0.6) is 0 Å². The van der Waals surface area contributed by atoms with E-state index in [4.69, 9.17) is 4.74 Å². The zero-order valence-electron chi connectivity index (χ0n) is 18.3. The Morgan fingerprint density at radius 2 is 1.91 bits per heavy atom. The summed E-state index contributed by atoms with van der Waals surface area (Å²) in [5.74, 6) is 0.0515. The molecule has 2 aromatic heterocycles. The summed E-state index contributed by atoms with van der Waals surface area (Å²) in [5.41, 5.74) is 4.66. The number of nitrogens with one attached hydrogen (secondary N) is 1. The Bertz CT molecular complexity index is 1350. The van der Waals surface area contributed by atoms with Gasteiger partial charge < -0.3 is 9.64 Å². The Hall–Kier alpha value is -3.78. The number of carbonyl (C=O) groups excluding carboxylic acids is 2. The van der Waals surface area contributed by atoms with Gasteiger partial charge in [-0.2, -0.15) is 0 Å². The van der Waals surface area contributed by atoms with E-state index in [0.717, 1.165) is 39.9 Å². The Balaban J connectivity index is 1.42. The number of aromatic nitrogens is 2. The molecule has 3 heterocycles. The lowest BCUT2D eigenvalue weighted by Gasteiger charge is -2.31. The van der Waals surface area contributed by atoms with Crippen LogP contribution in [0.1, 0.15) is 37.5 Å². The second kappa shape index (κ2) is 8.63. The molecule has 0 fully saturated rings. The number of pyridine rings is 1. The number of hydrogen-bond acceptors (Lipinski definition) is 7. The molecule has 2 aromatic carbocycles. The van der Waals surface area contributed by atoms with Crippen LogP contribution in [-0.4, -0.2) is 35.5 Å². The van der Waals surface area contributed by atoms with E-state index in [1.807, 2.05) is 55.5 Å². The summed E-state index contributed by atoms with van der Waals surface area (Å²) in [6.07, 6.45) is 0.778. The number of amides is 1. The normalized spacial score (nSPS) is 13.0. The lowest BCUT2D eigenvalue weighted by Crippen LogP contribution is -2.33. The average Bonchev–Trinajstić information content (AvgIpc) is 3.25. The second-order valence-electron chi connectivity index (χ2n) is 7.88. The highest BCUT2D eigenvalue weighted by atomic mass is 32.1. The first-order chi connectivity index (χ1) is 16.0. The molecule has 0 atom stereocenters. The van der Waals surface area contributed by atoms with Crippen LogP contribution < -0.4 is 10.2 Å². The number of hydrogen-bond donors (Lipinski definition) is 1. The van der Waals surface area contributed by atoms with Gasteiger partial charge in [-0.25, -0.2) is 14.8 Å². The highest BCUT2D eigenvalue weighted by Gasteiger charge is 2.24. The molecular weight excluding hydrogens is 436 g/mol. The summed E-state index contributed by atoms with van der Waals surface area (Å²) in [6.45, 7) is 3.10. The number of para-hydroxylation sites is 1. The summed E-state index contributed by atoms with van der Waals surface area (Å²) in [4.78, 5) is 36.4. The first-order valence-electron chi connectivity index (χ1n) is 10.6. The molecule has 33 heavy (non-hydrogen) atoms. The summed E-state index contributed by atoms with van der Waals surface area (Å²) >= 11 is 1.46. The lowest BCUT2D eigenvalue weighted by molar-refractivity contribution is 0.0593. The molecule has 4 aromatic rings. The molecule has 1 aliphatic heterocycles. The molecule has 0 aliphatic carbocycles. The Kier molecular flexibility index (Phi) is 5.51. The van der Waals surface area contributed by atoms with E-state index >= 15 is 0 Å². The number of methoxy groups -OCH3 is 1. The van der Waals surface area contributed by atoms with Crippen LogP contribution >= 0.6 is 11.3 Å². The van der Waals surface area contributed by atoms with Gasteiger partial charge in [-0.05, 0) is 54.3 Å². The molecule has 0 spiro atoms. The molecule has 0 bridgehead atoms. The minimum absolute atomic E-state index is 0.181. The fraction of sp³-hybridized carbons (Fsp3) is 0.200. The first kappa shape index (κ1) is 21.1. The molecule has 166 valence electrons. The van der Waals surface area contributed by atoms with Gasteiger partial charge in [0.25, 0.3) is 5.91 Å².